The van der Waals surface area contributed by atoms with E-state index in [1.54, 1.807) is 0 Å². The van der Waals surface area contributed by atoms with Crippen LogP contribution in [0.3, 0.4) is 0 Å². The summed E-state index contributed by atoms with van der Waals surface area (Å²) in [6, 6.07) is 7.76. The highest BCUT2D eigenvalue weighted by molar-refractivity contribution is 6.64. The van der Waals surface area contributed by atoms with Gasteiger partial charge in [-0.1, -0.05) is 32.9 Å². The van der Waals surface area contributed by atoms with Crippen molar-refractivity contribution in [2.45, 2.75) is 39.2 Å². The number of carbonyl (C=O) groups is 1. The molecule has 0 aliphatic rings. The van der Waals surface area contributed by atoms with Gasteiger partial charge in [-0.05, 0) is 41.6 Å². The average Bonchev–Trinajstić information content (AvgIpc) is 2.26. The normalized spacial score (nSPS) is 12.6. The van der Waals surface area contributed by atoms with E-state index in [1.807, 2.05) is 31.2 Å². The van der Waals surface area contributed by atoms with Crippen LogP contribution in [0.15, 0.2) is 24.3 Å². The van der Waals surface area contributed by atoms with E-state index in [9.17, 15) is 4.79 Å². The first-order valence-electron chi connectivity index (χ1n) is 5.50. The fraction of sp³-hybridized carbons (Fsp3) is 0.462. The van der Waals surface area contributed by atoms with Gasteiger partial charge in [-0.2, -0.15) is 0 Å². The molecule has 0 heterocycles. The van der Waals surface area contributed by atoms with Gasteiger partial charge in [-0.25, -0.2) is 0 Å². The van der Waals surface area contributed by atoms with Crippen molar-refractivity contribution in [3.8, 4) is 5.75 Å². The standard InChI is InChI=1S/C13H17ClO2/c1-4-12(13(14)15)16-11-7-5-10(6-8-11)9(2)3/h5-9,12H,4H2,1-3H3/t12-/m0/s1. The van der Waals surface area contributed by atoms with Crippen molar-refractivity contribution < 1.29 is 9.53 Å². The number of ether oxygens (including phenoxy) is 1. The Bertz CT molecular complexity index is 343. The van der Waals surface area contributed by atoms with E-state index in [0.29, 0.717) is 18.1 Å². The summed E-state index contributed by atoms with van der Waals surface area (Å²) in [7, 11) is 0. The smallest absolute Gasteiger partial charge is 0.262 e. The molecular formula is C13H17ClO2. The molecule has 3 heteroatoms. The van der Waals surface area contributed by atoms with Gasteiger partial charge in [0.2, 0.25) is 0 Å². The number of carbonyl (C=O) groups excluding carboxylic acids is 1. The van der Waals surface area contributed by atoms with Gasteiger partial charge >= 0.3 is 0 Å². The number of hydrogen-bond acceptors (Lipinski definition) is 2. The van der Waals surface area contributed by atoms with Gasteiger partial charge in [0.05, 0.1) is 0 Å². The SMILES string of the molecule is CC[C@H](Oc1ccc(C(C)C)cc1)C(=O)Cl. The molecule has 0 N–H and O–H groups in total. The Hall–Kier alpha value is -1.02. The molecule has 0 saturated heterocycles. The molecule has 0 aliphatic heterocycles. The van der Waals surface area contributed by atoms with Crippen LogP contribution in [0.25, 0.3) is 0 Å². The predicted octanol–water partition coefficient (Wildman–Crippen LogP) is 3.73. The summed E-state index contributed by atoms with van der Waals surface area (Å²) < 4.78 is 5.48. The molecule has 0 fully saturated rings. The molecular weight excluding hydrogens is 224 g/mol. The maximum Gasteiger partial charge on any atom is 0.262 e. The Labute approximate surface area is 102 Å². The van der Waals surface area contributed by atoms with Crippen molar-refractivity contribution in [1.29, 1.82) is 0 Å². The second-order valence-corrected chi connectivity index (χ2v) is 4.42. The highest BCUT2D eigenvalue weighted by Crippen LogP contribution is 2.20. The molecule has 1 rings (SSSR count). The second-order valence-electron chi connectivity index (χ2n) is 4.04. The van der Waals surface area contributed by atoms with E-state index in [1.165, 1.54) is 5.56 Å². The zero-order chi connectivity index (χ0) is 12.1. The molecule has 16 heavy (non-hydrogen) atoms. The van der Waals surface area contributed by atoms with Crippen LogP contribution in [-0.4, -0.2) is 11.3 Å². The molecule has 1 atom stereocenters. The molecule has 0 unspecified atom stereocenters. The average molecular weight is 241 g/mol. The first-order chi connectivity index (χ1) is 7.54. The van der Waals surface area contributed by atoms with Gasteiger partial charge in [-0.15, -0.1) is 0 Å². The molecule has 0 saturated carbocycles. The van der Waals surface area contributed by atoms with Gasteiger partial charge in [-0.3, -0.25) is 4.79 Å². The van der Waals surface area contributed by atoms with Crippen molar-refractivity contribution in [2.24, 2.45) is 0 Å². The topological polar surface area (TPSA) is 26.3 Å². The van der Waals surface area contributed by atoms with Crippen molar-refractivity contribution in [1.82, 2.24) is 0 Å². The number of halogens is 1. The lowest BCUT2D eigenvalue weighted by Crippen LogP contribution is -2.22. The first-order valence-corrected chi connectivity index (χ1v) is 5.88. The first kappa shape index (κ1) is 13.0. The fourth-order valence-electron chi connectivity index (χ4n) is 1.39. The zero-order valence-electron chi connectivity index (χ0n) is 9.87. The van der Waals surface area contributed by atoms with E-state index in [2.05, 4.69) is 13.8 Å². The predicted molar refractivity (Wildman–Crippen MR) is 66.1 cm³/mol. The Morgan fingerprint density at radius 3 is 2.25 bits per heavy atom. The Kier molecular flexibility index (Phi) is 4.81. The molecule has 0 bridgehead atoms. The summed E-state index contributed by atoms with van der Waals surface area (Å²) >= 11 is 5.41. The largest absolute Gasteiger partial charge is 0.481 e. The van der Waals surface area contributed by atoms with Crippen molar-refractivity contribution in [2.75, 3.05) is 0 Å². The summed E-state index contributed by atoms with van der Waals surface area (Å²) in [4.78, 5) is 11.0. The van der Waals surface area contributed by atoms with Crippen LogP contribution in [0.1, 0.15) is 38.7 Å². The second kappa shape index (κ2) is 5.90. The minimum Gasteiger partial charge on any atom is -0.481 e. The maximum absolute atomic E-state index is 11.0. The van der Waals surface area contributed by atoms with Gasteiger partial charge < -0.3 is 4.74 Å². The van der Waals surface area contributed by atoms with Crippen LogP contribution in [-0.2, 0) is 4.79 Å². The van der Waals surface area contributed by atoms with E-state index < -0.39 is 11.3 Å². The Balaban J connectivity index is 2.71. The Morgan fingerprint density at radius 2 is 1.88 bits per heavy atom. The summed E-state index contributed by atoms with van der Waals surface area (Å²) in [6.07, 6.45) is 0.0282. The summed E-state index contributed by atoms with van der Waals surface area (Å²) in [5.41, 5.74) is 1.25. The van der Waals surface area contributed by atoms with Crippen molar-refractivity contribution >= 4 is 16.8 Å². The molecule has 0 aliphatic carbocycles. The van der Waals surface area contributed by atoms with Gasteiger partial charge in [0.1, 0.15) is 5.75 Å². The molecule has 0 radical (unpaired) electrons. The maximum atomic E-state index is 11.0. The van der Waals surface area contributed by atoms with Crippen LogP contribution in [0.2, 0.25) is 0 Å². The summed E-state index contributed by atoms with van der Waals surface area (Å²) in [5.74, 6) is 1.18. The number of benzene rings is 1. The van der Waals surface area contributed by atoms with E-state index >= 15 is 0 Å². The molecule has 1 aromatic carbocycles. The van der Waals surface area contributed by atoms with E-state index in [4.69, 9.17) is 16.3 Å². The third-order valence-electron chi connectivity index (χ3n) is 2.45. The minimum atomic E-state index is -0.549. The van der Waals surface area contributed by atoms with Gasteiger partial charge in [0.15, 0.2) is 6.10 Å². The fourth-order valence-corrected chi connectivity index (χ4v) is 1.58. The van der Waals surface area contributed by atoms with Crippen molar-refractivity contribution in [3.63, 3.8) is 0 Å². The molecule has 1 aromatic rings. The zero-order valence-corrected chi connectivity index (χ0v) is 10.6. The van der Waals surface area contributed by atoms with Gasteiger partial charge in [0, 0.05) is 0 Å². The monoisotopic (exact) mass is 240 g/mol. The molecule has 0 spiro atoms. The van der Waals surface area contributed by atoms with Crippen LogP contribution in [0.4, 0.5) is 0 Å². The van der Waals surface area contributed by atoms with E-state index in [-0.39, 0.29) is 0 Å². The summed E-state index contributed by atoms with van der Waals surface area (Å²) in [5, 5.41) is -0.449. The van der Waals surface area contributed by atoms with E-state index in [0.717, 1.165) is 0 Å². The van der Waals surface area contributed by atoms with Crippen LogP contribution in [0.5, 0.6) is 5.75 Å². The molecule has 88 valence electrons. The van der Waals surface area contributed by atoms with Crippen molar-refractivity contribution in [3.05, 3.63) is 29.8 Å². The highest BCUT2D eigenvalue weighted by Gasteiger charge is 2.15. The lowest BCUT2D eigenvalue weighted by atomic mass is 10.0. The molecule has 0 aromatic heterocycles. The molecule has 2 nitrogen and oxygen atoms in total. The van der Waals surface area contributed by atoms with Crippen LogP contribution >= 0.6 is 11.6 Å². The van der Waals surface area contributed by atoms with Gasteiger partial charge in [0.25, 0.3) is 5.24 Å². The number of rotatable bonds is 5. The lowest BCUT2D eigenvalue weighted by molar-refractivity contribution is -0.117. The third-order valence-corrected chi connectivity index (χ3v) is 2.69. The third kappa shape index (κ3) is 3.53. The quantitative estimate of drug-likeness (QED) is 0.733. The highest BCUT2D eigenvalue weighted by atomic mass is 35.5. The van der Waals surface area contributed by atoms with Crippen LogP contribution < -0.4 is 4.74 Å². The Morgan fingerprint density at radius 1 is 1.31 bits per heavy atom. The number of hydrogen-bond donors (Lipinski definition) is 0. The minimum absolute atomic E-state index is 0.449. The summed E-state index contributed by atoms with van der Waals surface area (Å²) in [6.45, 7) is 6.13. The van der Waals surface area contributed by atoms with Crippen LogP contribution in [0, 0.1) is 0 Å². The lowest BCUT2D eigenvalue weighted by Gasteiger charge is -2.14. The molecule has 0 amide bonds.